The Hall–Kier alpha value is -1.11. The van der Waals surface area contributed by atoms with Crippen LogP contribution in [0.5, 0.6) is 0 Å². The molecule has 0 amide bonds. The molecule has 0 aliphatic rings. The second-order valence-electron chi connectivity index (χ2n) is 3.44. The number of hydrogen-bond acceptors (Lipinski definition) is 4. The van der Waals surface area contributed by atoms with E-state index in [1.165, 1.54) is 30.0 Å². The minimum absolute atomic E-state index is 0.254. The number of benzene rings is 1. The molecule has 6 heteroatoms. The Balaban J connectivity index is 2.66. The molecule has 0 radical (unpaired) electrons. The SMILES string of the molecule is O=C(O)c1cccc(CSCC(O)CO)c1F. The van der Waals surface area contributed by atoms with Gasteiger partial charge in [-0.1, -0.05) is 12.1 Å². The third-order valence-corrected chi connectivity index (χ3v) is 3.22. The molecular formula is C11H13FO4S. The summed E-state index contributed by atoms with van der Waals surface area (Å²) in [5, 5.41) is 26.4. The van der Waals surface area contributed by atoms with Crippen LogP contribution in [0, 0.1) is 5.82 Å². The van der Waals surface area contributed by atoms with Crippen LogP contribution in [0.4, 0.5) is 4.39 Å². The Morgan fingerprint density at radius 3 is 2.76 bits per heavy atom. The zero-order valence-corrected chi connectivity index (χ0v) is 9.78. The molecule has 0 aliphatic carbocycles. The lowest BCUT2D eigenvalue weighted by Gasteiger charge is -2.08. The van der Waals surface area contributed by atoms with Crippen LogP contribution in [-0.2, 0) is 5.75 Å². The lowest BCUT2D eigenvalue weighted by atomic mass is 10.1. The maximum Gasteiger partial charge on any atom is 0.338 e. The van der Waals surface area contributed by atoms with Gasteiger partial charge >= 0.3 is 5.97 Å². The van der Waals surface area contributed by atoms with Crippen molar-refractivity contribution in [3.05, 3.63) is 35.1 Å². The van der Waals surface area contributed by atoms with Crippen LogP contribution in [0.2, 0.25) is 0 Å². The number of halogens is 1. The predicted octanol–water partition coefficient (Wildman–Crippen LogP) is 1.11. The molecule has 1 unspecified atom stereocenters. The Kier molecular flexibility index (Phi) is 5.40. The van der Waals surface area contributed by atoms with Crippen molar-refractivity contribution in [3.8, 4) is 0 Å². The predicted molar refractivity (Wildman–Crippen MR) is 62.6 cm³/mol. The van der Waals surface area contributed by atoms with Gasteiger partial charge in [0, 0.05) is 11.5 Å². The van der Waals surface area contributed by atoms with Crippen LogP contribution in [-0.4, -0.2) is 39.8 Å². The molecule has 0 heterocycles. The largest absolute Gasteiger partial charge is 0.478 e. The van der Waals surface area contributed by atoms with Crippen molar-refractivity contribution in [2.24, 2.45) is 0 Å². The third-order valence-electron chi connectivity index (χ3n) is 2.09. The van der Waals surface area contributed by atoms with Crippen molar-refractivity contribution in [3.63, 3.8) is 0 Å². The van der Waals surface area contributed by atoms with Crippen LogP contribution in [0.1, 0.15) is 15.9 Å². The van der Waals surface area contributed by atoms with Gasteiger partial charge in [0.25, 0.3) is 0 Å². The highest BCUT2D eigenvalue weighted by Gasteiger charge is 2.13. The first-order valence-electron chi connectivity index (χ1n) is 4.93. The topological polar surface area (TPSA) is 77.8 Å². The summed E-state index contributed by atoms with van der Waals surface area (Å²) in [5.41, 5.74) is -0.0779. The maximum atomic E-state index is 13.6. The van der Waals surface area contributed by atoms with Gasteiger partial charge in [-0.3, -0.25) is 0 Å². The highest BCUT2D eigenvalue weighted by atomic mass is 32.2. The van der Waals surface area contributed by atoms with E-state index >= 15 is 0 Å². The fraction of sp³-hybridized carbons (Fsp3) is 0.364. The molecule has 1 aromatic carbocycles. The first kappa shape index (κ1) is 14.0. The average molecular weight is 260 g/mol. The minimum Gasteiger partial charge on any atom is -0.478 e. The molecule has 3 N–H and O–H groups in total. The first-order valence-corrected chi connectivity index (χ1v) is 6.09. The molecular weight excluding hydrogens is 247 g/mol. The Morgan fingerprint density at radius 2 is 2.18 bits per heavy atom. The van der Waals surface area contributed by atoms with Crippen molar-refractivity contribution in [1.82, 2.24) is 0 Å². The van der Waals surface area contributed by atoms with E-state index in [-0.39, 0.29) is 29.2 Å². The fourth-order valence-electron chi connectivity index (χ4n) is 1.21. The van der Waals surface area contributed by atoms with E-state index in [9.17, 15) is 9.18 Å². The Labute approximate surface area is 102 Å². The number of carbonyl (C=O) groups is 1. The van der Waals surface area contributed by atoms with Crippen molar-refractivity contribution in [2.45, 2.75) is 11.9 Å². The molecule has 17 heavy (non-hydrogen) atoms. The van der Waals surface area contributed by atoms with E-state index in [1.807, 2.05) is 0 Å². The van der Waals surface area contributed by atoms with Crippen molar-refractivity contribution < 1.29 is 24.5 Å². The number of carboxylic acid groups (broad SMARTS) is 1. The summed E-state index contributed by atoms with van der Waals surface area (Å²) in [6.07, 6.45) is -0.842. The van der Waals surface area contributed by atoms with E-state index in [0.29, 0.717) is 0 Å². The molecule has 4 nitrogen and oxygen atoms in total. The van der Waals surface area contributed by atoms with Gasteiger partial charge in [0.15, 0.2) is 0 Å². The summed E-state index contributed by atoms with van der Waals surface area (Å²) in [6, 6.07) is 4.18. The zero-order valence-electron chi connectivity index (χ0n) is 8.97. The van der Waals surface area contributed by atoms with Crippen LogP contribution in [0.3, 0.4) is 0 Å². The van der Waals surface area contributed by atoms with Gasteiger partial charge in [-0.15, -0.1) is 0 Å². The fourth-order valence-corrected chi connectivity index (χ4v) is 2.15. The van der Waals surface area contributed by atoms with Gasteiger partial charge in [-0.05, 0) is 11.6 Å². The normalized spacial score (nSPS) is 12.4. The van der Waals surface area contributed by atoms with Crippen LogP contribution < -0.4 is 0 Å². The van der Waals surface area contributed by atoms with E-state index in [1.54, 1.807) is 0 Å². The molecule has 1 atom stereocenters. The standard InChI is InChI=1S/C11H13FO4S/c12-10-7(5-17-6-8(14)4-13)2-1-3-9(10)11(15)16/h1-3,8,13-14H,4-6H2,(H,15,16). The van der Waals surface area contributed by atoms with E-state index in [4.69, 9.17) is 15.3 Å². The average Bonchev–Trinajstić information content (AvgIpc) is 2.30. The lowest BCUT2D eigenvalue weighted by Crippen LogP contribution is -2.14. The molecule has 0 fully saturated rings. The summed E-state index contributed by atoms with van der Waals surface area (Å²) in [5.74, 6) is -1.52. The number of carboxylic acids is 1. The monoisotopic (exact) mass is 260 g/mol. The smallest absolute Gasteiger partial charge is 0.338 e. The molecule has 0 spiro atoms. The maximum absolute atomic E-state index is 13.6. The molecule has 1 rings (SSSR count). The number of aliphatic hydroxyl groups is 2. The summed E-state index contributed by atoms with van der Waals surface area (Å²) >= 11 is 1.23. The molecule has 0 saturated carbocycles. The molecule has 0 aromatic heterocycles. The molecule has 1 aromatic rings. The molecule has 94 valence electrons. The molecule has 0 bridgehead atoms. The van der Waals surface area contributed by atoms with Gasteiger partial charge in [0.05, 0.1) is 18.3 Å². The highest BCUT2D eigenvalue weighted by molar-refractivity contribution is 7.98. The summed E-state index contributed by atoms with van der Waals surface area (Å²) in [7, 11) is 0. The van der Waals surface area contributed by atoms with Gasteiger partial charge < -0.3 is 15.3 Å². The first-order chi connectivity index (χ1) is 8.06. The van der Waals surface area contributed by atoms with Crippen LogP contribution in [0.25, 0.3) is 0 Å². The summed E-state index contributed by atoms with van der Waals surface area (Å²) < 4.78 is 13.6. The highest BCUT2D eigenvalue weighted by Crippen LogP contribution is 2.19. The number of aromatic carboxylic acids is 1. The number of rotatable bonds is 6. The second-order valence-corrected chi connectivity index (χ2v) is 4.47. The molecule has 0 saturated heterocycles. The minimum atomic E-state index is -1.30. The summed E-state index contributed by atoms with van der Waals surface area (Å²) in [4.78, 5) is 10.7. The zero-order chi connectivity index (χ0) is 12.8. The number of hydrogen-bond donors (Lipinski definition) is 3. The van der Waals surface area contributed by atoms with E-state index in [0.717, 1.165) is 0 Å². The third kappa shape index (κ3) is 3.99. The van der Waals surface area contributed by atoms with Gasteiger partial charge in [-0.2, -0.15) is 11.8 Å². The quantitative estimate of drug-likeness (QED) is 0.714. The molecule has 0 aliphatic heterocycles. The number of aliphatic hydroxyl groups excluding tert-OH is 2. The van der Waals surface area contributed by atoms with Gasteiger partial charge in [-0.25, -0.2) is 9.18 Å². The van der Waals surface area contributed by atoms with Crippen molar-refractivity contribution in [1.29, 1.82) is 0 Å². The number of thioether (sulfide) groups is 1. The lowest BCUT2D eigenvalue weighted by molar-refractivity contribution is 0.0691. The van der Waals surface area contributed by atoms with E-state index in [2.05, 4.69) is 0 Å². The van der Waals surface area contributed by atoms with Crippen molar-refractivity contribution in [2.75, 3.05) is 12.4 Å². The van der Waals surface area contributed by atoms with Gasteiger partial charge in [0.1, 0.15) is 5.82 Å². The summed E-state index contributed by atoms with van der Waals surface area (Å²) in [6.45, 7) is -0.343. The second kappa shape index (κ2) is 6.58. The van der Waals surface area contributed by atoms with Crippen LogP contribution >= 0.6 is 11.8 Å². The van der Waals surface area contributed by atoms with Gasteiger partial charge in [0.2, 0.25) is 0 Å². The Bertz CT molecular complexity index is 397. The Morgan fingerprint density at radius 1 is 1.47 bits per heavy atom. The van der Waals surface area contributed by atoms with Crippen LogP contribution in [0.15, 0.2) is 18.2 Å². The van der Waals surface area contributed by atoms with Crippen molar-refractivity contribution >= 4 is 17.7 Å². The van der Waals surface area contributed by atoms with E-state index < -0.39 is 17.9 Å².